The fraction of sp³-hybridized carbons (Fsp3) is 1.00. The van der Waals surface area contributed by atoms with Crippen LogP contribution < -0.4 is 0 Å². The summed E-state index contributed by atoms with van der Waals surface area (Å²) in [5, 5.41) is 8.94. The zero-order valence-electron chi connectivity index (χ0n) is 10.3. The SMILES string of the molecule is CCCC(C)(CO)CCS(=O)(=O)C(C)C. The quantitative estimate of drug-likeness (QED) is 0.735. The molecule has 0 heterocycles. The molecule has 0 bridgehead atoms. The van der Waals surface area contributed by atoms with Gasteiger partial charge in [0.25, 0.3) is 0 Å². The van der Waals surface area contributed by atoms with Gasteiger partial charge in [-0.3, -0.25) is 0 Å². The van der Waals surface area contributed by atoms with E-state index < -0.39 is 9.84 Å². The van der Waals surface area contributed by atoms with Crippen LogP contribution in [0, 0.1) is 5.41 Å². The fourth-order valence-electron chi connectivity index (χ4n) is 1.51. The highest BCUT2D eigenvalue weighted by Crippen LogP contribution is 2.27. The molecule has 0 saturated carbocycles. The average molecular weight is 236 g/mol. The second-order valence-electron chi connectivity index (χ2n) is 4.88. The Morgan fingerprint density at radius 1 is 1.27 bits per heavy atom. The monoisotopic (exact) mass is 236 g/mol. The maximum Gasteiger partial charge on any atom is 0.152 e. The van der Waals surface area contributed by atoms with E-state index in [2.05, 4.69) is 0 Å². The van der Waals surface area contributed by atoms with Crippen molar-refractivity contribution in [3.63, 3.8) is 0 Å². The Bertz CT molecular complexity index is 270. The molecule has 0 aromatic heterocycles. The molecule has 1 atom stereocenters. The van der Waals surface area contributed by atoms with Crippen molar-refractivity contribution in [2.75, 3.05) is 12.4 Å². The first-order chi connectivity index (χ1) is 6.77. The summed E-state index contributed by atoms with van der Waals surface area (Å²) in [6.07, 6.45) is 2.40. The third-order valence-corrected chi connectivity index (χ3v) is 5.15. The van der Waals surface area contributed by atoms with Crippen LogP contribution in [0.3, 0.4) is 0 Å². The second-order valence-corrected chi connectivity index (χ2v) is 7.56. The van der Waals surface area contributed by atoms with Crippen LogP contribution in [0.1, 0.15) is 47.0 Å². The van der Waals surface area contributed by atoms with Gasteiger partial charge in [-0.2, -0.15) is 0 Å². The Morgan fingerprint density at radius 3 is 2.13 bits per heavy atom. The largest absolute Gasteiger partial charge is 0.396 e. The Hall–Kier alpha value is -0.0900. The predicted molar refractivity (Wildman–Crippen MR) is 63.6 cm³/mol. The summed E-state index contributed by atoms with van der Waals surface area (Å²) >= 11 is 0. The van der Waals surface area contributed by atoms with Crippen molar-refractivity contribution in [3.8, 4) is 0 Å². The molecule has 0 rings (SSSR count). The maximum atomic E-state index is 11.6. The summed E-state index contributed by atoms with van der Waals surface area (Å²) in [5.74, 6) is 0.182. The highest BCUT2D eigenvalue weighted by molar-refractivity contribution is 7.91. The lowest BCUT2D eigenvalue weighted by molar-refractivity contribution is 0.128. The molecule has 0 aromatic rings. The van der Waals surface area contributed by atoms with Crippen LogP contribution in [0.2, 0.25) is 0 Å². The summed E-state index contributed by atoms with van der Waals surface area (Å²) in [7, 11) is -2.97. The standard InChI is InChI=1S/C11H24O3S/c1-5-6-11(4,9-12)7-8-15(13,14)10(2)3/h10,12H,5-9H2,1-4H3. The van der Waals surface area contributed by atoms with Gasteiger partial charge in [-0.1, -0.05) is 20.3 Å². The molecule has 0 radical (unpaired) electrons. The smallest absolute Gasteiger partial charge is 0.152 e. The van der Waals surface area contributed by atoms with Crippen LogP contribution in [0.15, 0.2) is 0 Å². The molecular formula is C11H24O3S. The number of aliphatic hydroxyl groups excluding tert-OH is 1. The number of hydrogen-bond donors (Lipinski definition) is 1. The number of rotatable bonds is 7. The molecule has 1 unspecified atom stereocenters. The van der Waals surface area contributed by atoms with Crippen molar-refractivity contribution >= 4 is 9.84 Å². The first-order valence-corrected chi connectivity index (χ1v) is 7.31. The van der Waals surface area contributed by atoms with Gasteiger partial charge in [0.15, 0.2) is 9.84 Å². The molecule has 0 saturated heterocycles. The summed E-state index contributed by atoms with van der Waals surface area (Å²) < 4.78 is 23.2. The zero-order valence-corrected chi connectivity index (χ0v) is 11.1. The lowest BCUT2D eigenvalue weighted by Crippen LogP contribution is -2.27. The van der Waals surface area contributed by atoms with Gasteiger partial charge in [-0.25, -0.2) is 8.42 Å². The summed E-state index contributed by atoms with van der Waals surface area (Å²) in [4.78, 5) is 0. The molecule has 0 aliphatic rings. The van der Waals surface area contributed by atoms with Crippen molar-refractivity contribution in [2.24, 2.45) is 5.41 Å². The van der Waals surface area contributed by atoms with E-state index in [0.29, 0.717) is 6.42 Å². The van der Waals surface area contributed by atoms with Gasteiger partial charge in [0.2, 0.25) is 0 Å². The molecule has 15 heavy (non-hydrogen) atoms. The predicted octanol–water partition coefficient (Wildman–Crippen LogP) is 2.00. The average Bonchev–Trinajstić information content (AvgIpc) is 2.15. The first-order valence-electron chi connectivity index (χ1n) is 5.60. The summed E-state index contributed by atoms with van der Waals surface area (Å²) in [6.45, 7) is 7.46. The van der Waals surface area contributed by atoms with Gasteiger partial charge < -0.3 is 5.11 Å². The van der Waals surface area contributed by atoms with Gasteiger partial charge >= 0.3 is 0 Å². The lowest BCUT2D eigenvalue weighted by Gasteiger charge is -2.26. The molecule has 0 aliphatic carbocycles. The number of aliphatic hydroxyl groups is 1. The van der Waals surface area contributed by atoms with E-state index in [9.17, 15) is 13.5 Å². The zero-order chi connectivity index (χ0) is 12.1. The van der Waals surface area contributed by atoms with E-state index in [1.807, 2.05) is 13.8 Å². The molecule has 0 amide bonds. The Balaban J connectivity index is 4.36. The molecule has 0 aliphatic heterocycles. The van der Waals surface area contributed by atoms with E-state index in [0.717, 1.165) is 12.8 Å². The van der Waals surface area contributed by atoms with Gasteiger partial charge in [-0.15, -0.1) is 0 Å². The van der Waals surface area contributed by atoms with Crippen LogP contribution >= 0.6 is 0 Å². The molecule has 1 N–H and O–H groups in total. The first kappa shape index (κ1) is 14.9. The van der Waals surface area contributed by atoms with Gasteiger partial charge in [0.05, 0.1) is 11.0 Å². The van der Waals surface area contributed by atoms with E-state index in [-0.39, 0.29) is 23.0 Å². The van der Waals surface area contributed by atoms with Crippen LogP contribution in [0.5, 0.6) is 0 Å². The Labute approximate surface area is 93.8 Å². The minimum Gasteiger partial charge on any atom is -0.396 e. The summed E-state index contributed by atoms with van der Waals surface area (Å²) in [5.41, 5.74) is -0.239. The van der Waals surface area contributed by atoms with Gasteiger partial charge in [0.1, 0.15) is 0 Å². The van der Waals surface area contributed by atoms with E-state index in [1.165, 1.54) is 0 Å². The van der Waals surface area contributed by atoms with Crippen molar-refractivity contribution in [1.29, 1.82) is 0 Å². The van der Waals surface area contributed by atoms with Crippen LogP contribution in [0.25, 0.3) is 0 Å². The molecule has 4 heteroatoms. The van der Waals surface area contributed by atoms with Gasteiger partial charge in [0, 0.05) is 6.61 Å². The number of hydrogen-bond acceptors (Lipinski definition) is 3. The van der Waals surface area contributed by atoms with Crippen molar-refractivity contribution < 1.29 is 13.5 Å². The normalized spacial score (nSPS) is 16.7. The third-order valence-electron chi connectivity index (χ3n) is 2.94. The molecule has 0 spiro atoms. The second kappa shape index (κ2) is 5.85. The minimum atomic E-state index is -2.97. The minimum absolute atomic E-state index is 0.0639. The van der Waals surface area contributed by atoms with E-state index >= 15 is 0 Å². The van der Waals surface area contributed by atoms with E-state index in [1.54, 1.807) is 13.8 Å². The van der Waals surface area contributed by atoms with Crippen molar-refractivity contribution in [3.05, 3.63) is 0 Å². The topological polar surface area (TPSA) is 54.4 Å². The highest BCUT2D eigenvalue weighted by atomic mass is 32.2. The lowest BCUT2D eigenvalue weighted by atomic mass is 9.84. The highest BCUT2D eigenvalue weighted by Gasteiger charge is 2.26. The Morgan fingerprint density at radius 2 is 1.80 bits per heavy atom. The van der Waals surface area contributed by atoms with Crippen LogP contribution in [0.4, 0.5) is 0 Å². The van der Waals surface area contributed by atoms with Gasteiger partial charge in [-0.05, 0) is 32.1 Å². The van der Waals surface area contributed by atoms with Crippen molar-refractivity contribution in [2.45, 2.75) is 52.2 Å². The maximum absolute atomic E-state index is 11.6. The van der Waals surface area contributed by atoms with Crippen LogP contribution in [-0.2, 0) is 9.84 Å². The molecule has 92 valence electrons. The Kier molecular flexibility index (Phi) is 5.81. The van der Waals surface area contributed by atoms with E-state index in [4.69, 9.17) is 0 Å². The molecule has 0 aromatic carbocycles. The summed E-state index contributed by atoms with van der Waals surface area (Å²) in [6, 6.07) is 0. The molecule has 0 fully saturated rings. The molecular weight excluding hydrogens is 212 g/mol. The van der Waals surface area contributed by atoms with Crippen molar-refractivity contribution in [1.82, 2.24) is 0 Å². The molecule has 3 nitrogen and oxygen atoms in total. The van der Waals surface area contributed by atoms with Crippen LogP contribution in [-0.4, -0.2) is 31.1 Å². The third kappa shape index (κ3) is 4.98. The fourth-order valence-corrected chi connectivity index (χ4v) is 2.76. The number of sulfone groups is 1.